The second-order valence-electron chi connectivity index (χ2n) is 8.48. The van der Waals surface area contributed by atoms with Crippen molar-refractivity contribution in [1.29, 1.82) is 0 Å². The van der Waals surface area contributed by atoms with Crippen LogP contribution >= 0.6 is 0 Å². The Morgan fingerprint density at radius 2 is 1.79 bits per heavy atom. The maximum atomic E-state index is 13.4. The van der Waals surface area contributed by atoms with Gasteiger partial charge in [-0.25, -0.2) is 4.39 Å². The molecule has 0 radical (unpaired) electrons. The predicted octanol–water partition coefficient (Wildman–Crippen LogP) is 4.53. The number of nitro benzene ring substituents is 1. The first-order valence-electron chi connectivity index (χ1n) is 11.5. The monoisotopic (exact) mass is 455 g/mol. The SMILES string of the molecule is CC[C@H](C(=O)NC1CCCCC1)N(Cc1ccc(F)cc1)C(=O)Cc1ccccc1[N+](=O)[O-]. The number of nitrogens with zero attached hydrogens (tertiary/aromatic N) is 2. The van der Waals surface area contributed by atoms with Gasteiger partial charge in [0.1, 0.15) is 11.9 Å². The van der Waals surface area contributed by atoms with Crippen molar-refractivity contribution in [3.8, 4) is 0 Å². The zero-order chi connectivity index (χ0) is 23.8. The zero-order valence-corrected chi connectivity index (χ0v) is 18.8. The number of hydrogen-bond acceptors (Lipinski definition) is 4. The molecule has 2 amide bonds. The molecule has 0 saturated heterocycles. The van der Waals surface area contributed by atoms with Crippen molar-refractivity contribution in [2.45, 2.75) is 70.5 Å². The number of carbonyl (C=O) groups is 2. The topological polar surface area (TPSA) is 92.6 Å². The van der Waals surface area contributed by atoms with Gasteiger partial charge in [-0.05, 0) is 37.0 Å². The van der Waals surface area contributed by atoms with Crippen molar-refractivity contribution in [3.63, 3.8) is 0 Å². The second-order valence-corrected chi connectivity index (χ2v) is 8.48. The van der Waals surface area contributed by atoms with Gasteiger partial charge >= 0.3 is 0 Å². The normalized spacial score (nSPS) is 15.0. The van der Waals surface area contributed by atoms with Gasteiger partial charge in [-0.2, -0.15) is 0 Å². The van der Waals surface area contributed by atoms with Crippen LogP contribution in [0.15, 0.2) is 48.5 Å². The fourth-order valence-corrected chi connectivity index (χ4v) is 4.35. The van der Waals surface area contributed by atoms with E-state index < -0.39 is 16.8 Å². The highest BCUT2D eigenvalue weighted by Crippen LogP contribution is 2.22. The average molecular weight is 456 g/mol. The lowest BCUT2D eigenvalue weighted by Crippen LogP contribution is -2.52. The van der Waals surface area contributed by atoms with Gasteiger partial charge in [0.15, 0.2) is 0 Å². The molecule has 1 aliphatic rings. The van der Waals surface area contributed by atoms with Crippen LogP contribution in [0, 0.1) is 15.9 Å². The summed E-state index contributed by atoms with van der Waals surface area (Å²) >= 11 is 0. The third kappa shape index (κ3) is 6.60. The highest BCUT2D eigenvalue weighted by atomic mass is 19.1. The third-order valence-corrected chi connectivity index (χ3v) is 6.13. The number of nitro groups is 1. The first-order chi connectivity index (χ1) is 15.9. The molecule has 0 heterocycles. The number of rotatable bonds is 9. The summed E-state index contributed by atoms with van der Waals surface area (Å²) in [5.74, 6) is -1.000. The van der Waals surface area contributed by atoms with E-state index in [1.165, 1.54) is 23.1 Å². The molecule has 33 heavy (non-hydrogen) atoms. The third-order valence-electron chi connectivity index (χ3n) is 6.13. The van der Waals surface area contributed by atoms with Gasteiger partial charge < -0.3 is 10.2 Å². The molecule has 2 aromatic carbocycles. The van der Waals surface area contributed by atoms with Crippen molar-refractivity contribution in [1.82, 2.24) is 10.2 Å². The molecule has 1 saturated carbocycles. The summed E-state index contributed by atoms with van der Waals surface area (Å²) in [7, 11) is 0. The van der Waals surface area contributed by atoms with Gasteiger partial charge in [-0.3, -0.25) is 19.7 Å². The number of amides is 2. The molecule has 8 heteroatoms. The van der Waals surface area contributed by atoms with Crippen LogP contribution in [0.5, 0.6) is 0 Å². The molecule has 176 valence electrons. The Labute approximate surface area is 193 Å². The molecular weight excluding hydrogens is 425 g/mol. The summed E-state index contributed by atoms with van der Waals surface area (Å²) in [5.41, 5.74) is 0.836. The Balaban J connectivity index is 1.85. The van der Waals surface area contributed by atoms with Crippen LogP contribution in [0.1, 0.15) is 56.6 Å². The minimum Gasteiger partial charge on any atom is -0.352 e. The molecule has 1 fully saturated rings. The van der Waals surface area contributed by atoms with Crippen LogP contribution in [0.4, 0.5) is 10.1 Å². The molecule has 3 rings (SSSR count). The predicted molar refractivity (Wildman–Crippen MR) is 123 cm³/mol. The molecule has 1 atom stereocenters. The fourth-order valence-electron chi connectivity index (χ4n) is 4.35. The van der Waals surface area contributed by atoms with Crippen molar-refractivity contribution in [3.05, 3.63) is 75.6 Å². The van der Waals surface area contributed by atoms with Gasteiger partial charge in [0.05, 0.1) is 11.3 Å². The van der Waals surface area contributed by atoms with Gasteiger partial charge in [-0.15, -0.1) is 0 Å². The number of benzene rings is 2. The fraction of sp³-hybridized carbons (Fsp3) is 0.440. The lowest BCUT2D eigenvalue weighted by molar-refractivity contribution is -0.385. The lowest BCUT2D eigenvalue weighted by Gasteiger charge is -2.33. The van der Waals surface area contributed by atoms with E-state index in [1.54, 1.807) is 30.3 Å². The molecule has 0 aromatic heterocycles. The van der Waals surface area contributed by atoms with Crippen molar-refractivity contribution in [2.75, 3.05) is 0 Å². The van der Waals surface area contributed by atoms with Gasteiger partial charge in [0, 0.05) is 24.2 Å². The zero-order valence-electron chi connectivity index (χ0n) is 18.8. The van der Waals surface area contributed by atoms with E-state index >= 15 is 0 Å². The molecule has 7 nitrogen and oxygen atoms in total. The van der Waals surface area contributed by atoms with Crippen LogP contribution in [0.3, 0.4) is 0 Å². The Morgan fingerprint density at radius 3 is 2.42 bits per heavy atom. The first-order valence-corrected chi connectivity index (χ1v) is 11.5. The van der Waals surface area contributed by atoms with Crippen LogP contribution in [0.2, 0.25) is 0 Å². The molecule has 0 unspecified atom stereocenters. The number of para-hydroxylation sites is 1. The van der Waals surface area contributed by atoms with E-state index in [4.69, 9.17) is 0 Å². The molecule has 0 spiro atoms. The Kier molecular flexibility index (Phi) is 8.52. The minimum absolute atomic E-state index is 0.0956. The molecule has 0 bridgehead atoms. The van der Waals surface area contributed by atoms with Crippen molar-refractivity contribution in [2.24, 2.45) is 0 Å². The molecular formula is C25H30FN3O4. The Morgan fingerprint density at radius 1 is 1.12 bits per heavy atom. The van der Waals surface area contributed by atoms with Gasteiger partial charge in [0.2, 0.25) is 11.8 Å². The summed E-state index contributed by atoms with van der Waals surface area (Å²) < 4.78 is 13.4. The number of hydrogen-bond donors (Lipinski definition) is 1. The summed E-state index contributed by atoms with van der Waals surface area (Å²) in [6.07, 6.45) is 5.33. The summed E-state index contributed by atoms with van der Waals surface area (Å²) in [5, 5.41) is 14.5. The van der Waals surface area contributed by atoms with E-state index in [0.717, 1.165) is 32.1 Å². The van der Waals surface area contributed by atoms with Crippen LogP contribution in [-0.4, -0.2) is 33.7 Å². The minimum atomic E-state index is -0.729. The van der Waals surface area contributed by atoms with E-state index in [-0.39, 0.29) is 36.5 Å². The van der Waals surface area contributed by atoms with Crippen molar-refractivity contribution < 1.29 is 18.9 Å². The highest BCUT2D eigenvalue weighted by molar-refractivity contribution is 5.89. The van der Waals surface area contributed by atoms with E-state index in [9.17, 15) is 24.1 Å². The molecule has 1 aliphatic carbocycles. The highest BCUT2D eigenvalue weighted by Gasteiger charge is 2.31. The Hall–Kier alpha value is -3.29. The molecule has 0 aliphatic heterocycles. The van der Waals surface area contributed by atoms with Crippen molar-refractivity contribution >= 4 is 17.5 Å². The van der Waals surface area contributed by atoms with Gasteiger partial charge in [0.25, 0.3) is 5.69 Å². The standard InChI is InChI=1S/C25H30FN3O4/c1-2-22(25(31)27-21-9-4-3-5-10-21)28(17-18-12-14-20(26)15-13-18)24(30)16-19-8-6-7-11-23(19)29(32)33/h6-8,11-15,21-22H,2-5,9-10,16-17H2,1H3,(H,27,31)/t22-/m1/s1. The number of halogens is 1. The second kappa shape index (κ2) is 11.5. The summed E-state index contributed by atoms with van der Waals surface area (Å²) in [6, 6.07) is 11.2. The lowest BCUT2D eigenvalue weighted by atomic mass is 9.95. The maximum absolute atomic E-state index is 13.4. The molecule has 2 aromatic rings. The summed E-state index contributed by atoms with van der Waals surface area (Å²) in [6.45, 7) is 1.94. The quantitative estimate of drug-likeness (QED) is 0.444. The summed E-state index contributed by atoms with van der Waals surface area (Å²) in [4.78, 5) is 38.9. The van der Waals surface area contributed by atoms with Crippen LogP contribution in [0.25, 0.3) is 0 Å². The average Bonchev–Trinajstić information content (AvgIpc) is 2.81. The van der Waals surface area contributed by atoms with Gasteiger partial charge in [-0.1, -0.05) is 56.5 Å². The largest absolute Gasteiger partial charge is 0.352 e. The maximum Gasteiger partial charge on any atom is 0.273 e. The molecule has 1 N–H and O–H groups in total. The smallest absolute Gasteiger partial charge is 0.273 e. The van der Waals surface area contributed by atoms with Crippen LogP contribution < -0.4 is 5.32 Å². The number of carbonyl (C=O) groups excluding carboxylic acids is 2. The number of nitrogens with one attached hydrogen (secondary N) is 1. The van der Waals surface area contributed by atoms with E-state index in [0.29, 0.717) is 17.5 Å². The van der Waals surface area contributed by atoms with E-state index in [1.807, 2.05) is 6.92 Å². The first kappa shape index (κ1) is 24.4. The van der Waals surface area contributed by atoms with Crippen LogP contribution in [-0.2, 0) is 22.6 Å². The van der Waals surface area contributed by atoms with E-state index in [2.05, 4.69) is 5.32 Å². The Bertz CT molecular complexity index is 974.